The summed E-state index contributed by atoms with van der Waals surface area (Å²) in [5, 5.41) is 2.86. The third kappa shape index (κ3) is 3.85. The van der Waals surface area contributed by atoms with Gasteiger partial charge in [0.1, 0.15) is 17.6 Å². The van der Waals surface area contributed by atoms with Crippen LogP contribution in [0.5, 0.6) is 0 Å². The highest BCUT2D eigenvalue weighted by Gasteiger charge is 2.26. The van der Waals surface area contributed by atoms with Crippen LogP contribution in [-0.4, -0.2) is 41.2 Å². The van der Waals surface area contributed by atoms with Gasteiger partial charge in [-0.15, -0.1) is 0 Å². The van der Waals surface area contributed by atoms with Crippen LogP contribution in [0.25, 0.3) is 17.3 Å². The number of aromatic nitrogens is 3. The Hall–Kier alpha value is -3.78. The Kier molecular flexibility index (Phi) is 5.40. The lowest BCUT2D eigenvalue weighted by Crippen LogP contribution is -2.24. The molecule has 152 valence electrons. The molecular weight excluding hydrogens is 382 g/mol. The highest BCUT2D eigenvalue weighted by Crippen LogP contribution is 2.33. The van der Waals surface area contributed by atoms with Crippen molar-refractivity contribution in [1.82, 2.24) is 15.0 Å². The zero-order valence-corrected chi connectivity index (χ0v) is 16.6. The molecule has 4 rings (SSSR count). The number of anilines is 2. The molecule has 2 aromatic heterocycles. The summed E-state index contributed by atoms with van der Waals surface area (Å²) in [5.74, 6) is 0.580. The minimum atomic E-state index is -0.290. The van der Waals surface area contributed by atoms with Gasteiger partial charge in [0.25, 0.3) is 5.91 Å². The molecule has 0 spiro atoms. The van der Waals surface area contributed by atoms with E-state index in [1.54, 1.807) is 44.7 Å². The standard InChI is InChI=1S/C22H21N5O3/c1-29-18-11-15-17(12-19(18)30-2)26-22(23)27-20(15)13-6-5-7-14(10-13)25-21(28)16-8-3-4-9-24-16/h3-11,19H,12H2,1-2H3,(H,25,28)(H2,23,26,27). The van der Waals surface area contributed by atoms with Gasteiger partial charge in [-0.25, -0.2) is 9.97 Å². The van der Waals surface area contributed by atoms with Gasteiger partial charge in [-0.05, 0) is 30.3 Å². The molecule has 1 unspecified atom stereocenters. The molecule has 0 radical (unpaired) electrons. The number of amides is 1. The van der Waals surface area contributed by atoms with Crippen molar-refractivity contribution in [1.29, 1.82) is 0 Å². The van der Waals surface area contributed by atoms with Crippen molar-refractivity contribution in [3.8, 4) is 11.3 Å². The minimum absolute atomic E-state index is 0.177. The predicted molar refractivity (Wildman–Crippen MR) is 114 cm³/mol. The molecule has 8 nitrogen and oxygen atoms in total. The third-order valence-corrected chi connectivity index (χ3v) is 4.84. The molecule has 1 aromatic carbocycles. The molecule has 0 fully saturated rings. The first-order valence-electron chi connectivity index (χ1n) is 9.36. The first-order valence-corrected chi connectivity index (χ1v) is 9.36. The minimum Gasteiger partial charge on any atom is -0.498 e. The molecule has 0 aliphatic heterocycles. The maximum Gasteiger partial charge on any atom is 0.274 e. The summed E-state index contributed by atoms with van der Waals surface area (Å²) in [6.07, 6.45) is 3.75. The van der Waals surface area contributed by atoms with E-state index < -0.39 is 0 Å². The average molecular weight is 403 g/mol. The average Bonchev–Trinajstić information content (AvgIpc) is 2.78. The van der Waals surface area contributed by atoms with Gasteiger partial charge in [0, 0.05) is 36.5 Å². The largest absolute Gasteiger partial charge is 0.498 e. The van der Waals surface area contributed by atoms with E-state index in [0.717, 1.165) is 16.8 Å². The molecule has 1 aliphatic rings. The SMILES string of the molecule is COC1=Cc2c(nc(N)nc2-c2cccc(NC(=O)c3ccccn3)c2)CC1OC. The Labute approximate surface area is 173 Å². The molecule has 0 saturated carbocycles. The Morgan fingerprint density at radius 1 is 1.17 bits per heavy atom. The number of nitrogens with two attached hydrogens (primary N) is 1. The molecular formula is C22H21N5O3. The summed E-state index contributed by atoms with van der Waals surface area (Å²) >= 11 is 0. The van der Waals surface area contributed by atoms with E-state index >= 15 is 0 Å². The summed E-state index contributed by atoms with van der Waals surface area (Å²) in [6, 6.07) is 12.6. The zero-order valence-electron chi connectivity index (χ0n) is 16.6. The quantitative estimate of drug-likeness (QED) is 0.673. The molecule has 0 saturated heterocycles. The molecule has 3 aromatic rings. The number of nitrogen functional groups attached to an aromatic ring is 1. The molecule has 8 heteroatoms. The van der Waals surface area contributed by atoms with Gasteiger partial charge >= 0.3 is 0 Å². The second-order valence-corrected chi connectivity index (χ2v) is 6.72. The summed E-state index contributed by atoms with van der Waals surface area (Å²) in [7, 11) is 3.23. The number of pyridine rings is 1. The lowest BCUT2D eigenvalue weighted by Gasteiger charge is -2.24. The van der Waals surface area contributed by atoms with Crippen LogP contribution < -0.4 is 11.1 Å². The lowest BCUT2D eigenvalue weighted by atomic mass is 9.94. The van der Waals surface area contributed by atoms with E-state index in [1.807, 2.05) is 24.3 Å². The number of carbonyl (C=O) groups excluding carboxylic acids is 1. The van der Waals surface area contributed by atoms with Gasteiger partial charge in [0.15, 0.2) is 0 Å². The van der Waals surface area contributed by atoms with Crippen LogP contribution in [0.1, 0.15) is 21.7 Å². The number of hydrogen-bond acceptors (Lipinski definition) is 7. The number of benzene rings is 1. The molecule has 1 aliphatic carbocycles. The van der Waals surface area contributed by atoms with Crippen LogP contribution in [0.3, 0.4) is 0 Å². The number of nitrogens with zero attached hydrogens (tertiary/aromatic N) is 3. The highest BCUT2D eigenvalue weighted by molar-refractivity contribution is 6.03. The Morgan fingerprint density at radius 3 is 2.77 bits per heavy atom. The van der Waals surface area contributed by atoms with E-state index in [0.29, 0.717) is 29.3 Å². The van der Waals surface area contributed by atoms with E-state index in [2.05, 4.69) is 20.3 Å². The van der Waals surface area contributed by atoms with Gasteiger partial charge in [0.2, 0.25) is 5.95 Å². The fraction of sp³-hybridized carbons (Fsp3) is 0.182. The second kappa shape index (κ2) is 8.30. The molecule has 0 bridgehead atoms. The number of fused-ring (bicyclic) bond motifs is 1. The van der Waals surface area contributed by atoms with Crippen molar-refractivity contribution in [2.24, 2.45) is 0 Å². The highest BCUT2D eigenvalue weighted by atomic mass is 16.5. The summed E-state index contributed by atoms with van der Waals surface area (Å²) in [4.78, 5) is 25.4. The van der Waals surface area contributed by atoms with Gasteiger partial charge in [-0.1, -0.05) is 18.2 Å². The van der Waals surface area contributed by atoms with Crippen LogP contribution in [0.4, 0.5) is 11.6 Å². The van der Waals surface area contributed by atoms with E-state index in [-0.39, 0.29) is 18.0 Å². The number of ether oxygens (including phenoxy) is 2. The fourth-order valence-corrected chi connectivity index (χ4v) is 3.40. The lowest BCUT2D eigenvalue weighted by molar-refractivity contribution is 0.0787. The molecule has 2 heterocycles. The smallest absolute Gasteiger partial charge is 0.274 e. The maximum absolute atomic E-state index is 12.4. The third-order valence-electron chi connectivity index (χ3n) is 4.84. The number of hydrogen-bond donors (Lipinski definition) is 2. The first kappa shape index (κ1) is 19.5. The monoisotopic (exact) mass is 403 g/mol. The maximum atomic E-state index is 12.4. The Morgan fingerprint density at radius 2 is 2.03 bits per heavy atom. The summed E-state index contributed by atoms with van der Waals surface area (Å²) in [5.41, 5.74) is 10.00. The Bertz CT molecular complexity index is 1120. The van der Waals surface area contributed by atoms with Crippen LogP contribution in [0.2, 0.25) is 0 Å². The summed E-state index contributed by atoms with van der Waals surface area (Å²) < 4.78 is 11.0. The molecule has 30 heavy (non-hydrogen) atoms. The normalized spacial score (nSPS) is 15.1. The van der Waals surface area contributed by atoms with Gasteiger partial charge < -0.3 is 20.5 Å². The topological polar surface area (TPSA) is 112 Å². The molecule has 3 N–H and O–H groups in total. The predicted octanol–water partition coefficient (Wildman–Crippen LogP) is 2.93. The van der Waals surface area contributed by atoms with Crippen molar-refractivity contribution in [2.75, 3.05) is 25.3 Å². The first-order chi connectivity index (χ1) is 14.6. The second-order valence-electron chi connectivity index (χ2n) is 6.72. The van der Waals surface area contributed by atoms with Crippen molar-refractivity contribution in [3.63, 3.8) is 0 Å². The number of rotatable bonds is 5. The van der Waals surface area contributed by atoms with Crippen molar-refractivity contribution < 1.29 is 14.3 Å². The van der Waals surface area contributed by atoms with Gasteiger partial charge in [-0.3, -0.25) is 9.78 Å². The van der Waals surface area contributed by atoms with Crippen LogP contribution in [0, 0.1) is 0 Å². The fourth-order valence-electron chi connectivity index (χ4n) is 3.40. The molecule has 1 atom stereocenters. The van der Waals surface area contributed by atoms with Crippen molar-refractivity contribution in [3.05, 3.63) is 71.4 Å². The Balaban J connectivity index is 1.71. The van der Waals surface area contributed by atoms with Crippen LogP contribution >= 0.6 is 0 Å². The van der Waals surface area contributed by atoms with Crippen LogP contribution in [0.15, 0.2) is 54.4 Å². The number of carbonyl (C=O) groups is 1. The van der Waals surface area contributed by atoms with Gasteiger partial charge in [-0.2, -0.15) is 0 Å². The van der Waals surface area contributed by atoms with Crippen LogP contribution in [-0.2, 0) is 15.9 Å². The van der Waals surface area contributed by atoms with E-state index in [9.17, 15) is 4.79 Å². The van der Waals surface area contributed by atoms with Gasteiger partial charge in [0.05, 0.1) is 18.5 Å². The number of methoxy groups -OCH3 is 2. The van der Waals surface area contributed by atoms with Crippen molar-refractivity contribution >= 4 is 23.6 Å². The van der Waals surface area contributed by atoms with E-state index in [1.165, 1.54) is 0 Å². The van der Waals surface area contributed by atoms with E-state index in [4.69, 9.17) is 15.2 Å². The number of nitrogens with one attached hydrogen (secondary N) is 1. The zero-order chi connectivity index (χ0) is 21.1. The van der Waals surface area contributed by atoms with Crippen molar-refractivity contribution in [2.45, 2.75) is 12.5 Å². The summed E-state index contributed by atoms with van der Waals surface area (Å²) in [6.45, 7) is 0. The molecule has 1 amide bonds.